The molecule has 0 aliphatic carbocycles. The first-order valence-electron chi connectivity index (χ1n) is 13.2. The van der Waals surface area contributed by atoms with E-state index >= 15 is 0 Å². The van der Waals surface area contributed by atoms with Gasteiger partial charge in [-0.2, -0.15) is 5.26 Å². The molecule has 11 nitrogen and oxygen atoms in total. The van der Waals surface area contributed by atoms with Gasteiger partial charge in [-0.15, -0.1) is 0 Å². The normalized spacial score (nSPS) is 16.5. The van der Waals surface area contributed by atoms with Crippen molar-refractivity contribution in [1.29, 1.82) is 5.26 Å². The van der Waals surface area contributed by atoms with Crippen LogP contribution >= 0.6 is 11.8 Å². The van der Waals surface area contributed by atoms with Crippen molar-refractivity contribution >= 4 is 46.5 Å². The van der Waals surface area contributed by atoms with Crippen molar-refractivity contribution in [1.82, 2.24) is 25.6 Å². The van der Waals surface area contributed by atoms with Crippen molar-refractivity contribution < 1.29 is 14.4 Å². The largest absolute Gasteiger partial charge is 0.341 e. The Hall–Kier alpha value is -4.60. The topological polar surface area (TPSA) is 153 Å². The molecule has 208 valence electrons. The molecule has 3 N–H and O–H groups in total. The maximum atomic E-state index is 11.8. The van der Waals surface area contributed by atoms with Crippen LogP contribution in [0.5, 0.6) is 0 Å². The first-order valence-corrected chi connectivity index (χ1v) is 14.0. The molecule has 0 atom stereocenters. The molecule has 2 aliphatic heterocycles. The Morgan fingerprint density at radius 3 is 2.78 bits per heavy atom. The van der Waals surface area contributed by atoms with Gasteiger partial charge < -0.3 is 15.5 Å². The molecule has 5 rings (SSSR count). The van der Waals surface area contributed by atoms with Gasteiger partial charge in [-0.25, -0.2) is 9.97 Å². The second kappa shape index (κ2) is 12.7. The Morgan fingerprint density at radius 2 is 2.05 bits per heavy atom. The van der Waals surface area contributed by atoms with Crippen molar-refractivity contribution in [3.63, 3.8) is 0 Å². The van der Waals surface area contributed by atoms with E-state index in [0.717, 1.165) is 55.4 Å². The molecule has 0 spiro atoms. The fourth-order valence-corrected chi connectivity index (χ4v) is 5.44. The van der Waals surface area contributed by atoms with Gasteiger partial charge in [0.15, 0.2) is 0 Å². The molecule has 3 aromatic rings. The molecule has 0 bridgehead atoms. The summed E-state index contributed by atoms with van der Waals surface area (Å²) in [6.45, 7) is 4.51. The van der Waals surface area contributed by atoms with E-state index in [2.05, 4.69) is 41.9 Å². The summed E-state index contributed by atoms with van der Waals surface area (Å²) in [6.07, 6.45) is 6.99. The van der Waals surface area contributed by atoms with E-state index in [0.29, 0.717) is 46.0 Å². The molecular weight excluding hydrogens is 540 g/mol. The summed E-state index contributed by atoms with van der Waals surface area (Å²) < 4.78 is 0. The van der Waals surface area contributed by atoms with Gasteiger partial charge in [0.2, 0.25) is 11.9 Å². The number of hydrogen-bond acceptors (Lipinski definition) is 10. The van der Waals surface area contributed by atoms with Crippen LogP contribution in [0, 0.1) is 17.2 Å². The summed E-state index contributed by atoms with van der Waals surface area (Å²) in [5.41, 5.74) is 4.00. The Morgan fingerprint density at radius 1 is 1.22 bits per heavy atom. The summed E-state index contributed by atoms with van der Waals surface area (Å²) in [7, 11) is 0. The lowest BCUT2D eigenvalue weighted by atomic mass is 9.97. The molecule has 12 heteroatoms. The highest BCUT2D eigenvalue weighted by Crippen LogP contribution is 2.27. The molecule has 0 unspecified atom stereocenters. The standard InChI is InChI=1S/C29H28N8O3S/c1-18(38)34-23-4-2-3-21(12-23)26-22(14-30)11-20(17-33-26)16-31-15-19-6-9-37(10-7-19)28-32-8-5-24(35-28)13-25-27(39)36-29(40)41-25/h2-5,8,11-13,17,19,31H,6-7,9-10,15-16H2,1H3,(H,34,38)(H,36,39,40). The predicted molar refractivity (Wildman–Crippen MR) is 156 cm³/mol. The minimum atomic E-state index is -0.405. The number of nitrogens with zero attached hydrogens (tertiary/aromatic N) is 5. The second-order valence-corrected chi connectivity index (χ2v) is 10.8. The minimum absolute atomic E-state index is 0.159. The highest BCUT2D eigenvalue weighted by atomic mass is 32.2. The molecule has 2 aromatic heterocycles. The molecule has 4 heterocycles. The summed E-state index contributed by atoms with van der Waals surface area (Å²) in [5, 5.41) is 17.9. The smallest absolute Gasteiger partial charge is 0.290 e. The van der Waals surface area contributed by atoms with Gasteiger partial charge in [0.1, 0.15) is 6.07 Å². The highest BCUT2D eigenvalue weighted by molar-refractivity contribution is 8.18. The van der Waals surface area contributed by atoms with E-state index in [1.165, 1.54) is 6.92 Å². The SMILES string of the molecule is CC(=O)Nc1cccc(-c2ncc(CNCC3CCN(c4nccc(C=C5SC(=O)NC5=O)n4)CC3)cc2C#N)c1. The molecule has 41 heavy (non-hydrogen) atoms. The molecule has 2 fully saturated rings. The minimum Gasteiger partial charge on any atom is -0.341 e. The number of piperidine rings is 1. The zero-order valence-electron chi connectivity index (χ0n) is 22.4. The molecule has 0 saturated carbocycles. The number of amides is 3. The summed E-state index contributed by atoms with van der Waals surface area (Å²) in [5.74, 6) is 0.532. The summed E-state index contributed by atoms with van der Waals surface area (Å²) >= 11 is 0.868. The van der Waals surface area contributed by atoms with Crippen LogP contribution in [0.2, 0.25) is 0 Å². The third-order valence-corrected chi connectivity index (χ3v) is 7.58. The average Bonchev–Trinajstić information content (AvgIpc) is 3.29. The number of anilines is 2. The lowest BCUT2D eigenvalue weighted by Gasteiger charge is -2.32. The average molecular weight is 569 g/mol. The molecule has 1 aromatic carbocycles. The van der Waals surface area contributed by atoms with Gasteiger partial charge in [0.05, 0.1) is 21.9 Å². The van der Waals surface area contributed by atoms with E-state index in [1.807, 2.05) is 24.3 Å². The maximum absolute atomic E-state index is 11.8. The number of thioether (sulfide) groups is 1. The first kappa shape index (κ1) is 27.9. The third-order valence-electron chi connectivity index (χ3n) is 6.77. The zero-order valence-corrected chi connectivity index (χ0v) is 23.2. The number of carbonyl (C=O) groups is 3. The molecule has 3 amide bonds. The molecule has 0 radical (unpaired) electrons. The first-order chi connectivity index (χ1) is 19.9. The van der Waals surface area contributed by atoms with Gasteiger partial charge in [0.25, 0.3) is 11.1 Å². The lowest BCUT2D eigenvalue weighted by Crippen LogP contribution is -2.38. The van der Waals surface area contributed by atoms with Crippen molar-refractivity contribution in [3.05, 3.63) is 70.5 Å². The van der Waals surface area contributed by atoms with Crippen LogP contribution in [0.1, 0.15) is 36.6 Å². The van der Waals surface area contributed by atoms with Crippen LogP contribution in [0.4, 0.5) is 16.4 Å². The number of carbonyl (C=O) groups excluding carboxylic acids is 3. The van der Waals surface area contributed by atoms with E-state index in [1.54, 1.807) is 30.6 Å². The van der Waals surface area contributed by atoms with Gasteiger partial charge >= 0.3 is 0 Å². The molecule has 2 aliphatic rings. The van der Waals surface area contributed by atoms with E-state index in [9.17, 15) is 19.6 Å². The number of imide groups is 1. The predicted octanol–water partition coefficient (Wildman–Crippen LogP) is 3.70. The monoisotopic (exact) mass is 568 g/mol. The van der Waals surface area contributed by atoms with Crippen molar-refractivity contribution in [2.75, 3.05) is 29.9 Å². The number of nitriles is 1. The van der Waals surface area contributed by atoms with Crippen LogP contribution in [-0.4, -0.2) is 51.6 Å². The van der Waals surface area contributed by atoms with Crippen molar-refractivity contribution in [2.24, 2.45) is 5.92 Å². The Labute approximate surface area is 241 Å². The lowest BCUT2D eigenvalue weighted by molar-refractivity contribution is -0.115. The second-order valence-electron chi connectivity index (χ2n) is 9.81. The highest BCUT2D eigenvalue weighted by Gasteiger charge is 2.26. The Bertz CT molecular complexity index is 1560. The number of hydrogen-bond donors (Lipinski definition) is 3. The number of pyridine rings is 1. The van der Waals surface area contributed by atoms with Crippen molar-refractivity contribution in [2.45, 2.75) is 26.3 Å². The quantitative estimate of drug-likeness (QED) is 0.343. The summed E-state index contributed by atoms with van der Waals surface area (Å²) in [6, 6.07) is 13.1. The van der Waals surface area contributed by atoms with Gasteiger partial charge in [0, 0.05) is 50.2 Å². The van der Waals surface area contributed by atoms with Crippen molar-refractivity contribution in [3.8, 4) is 17.3 Å². The number of nitrogens with one attached hydrogen (secondary N) is 3. The van der Waals surface area contributed by atoms with E-state index < -0.39 is 5.91 Å². The van der Waals surface area contributed by atoms with Crippen LogP contribution in [-0.2, 0) is 16.1 Å². The maximum Gasteiger partial charge on any atom is 0.290 e. The van der Waals surface area contributed by atoms with Gasteiger partial charge in [-0.1, -0.05) is 12.1 Å². The van der Waals surface area contributed by atoms with Gasteiger partial charge in [-0.05, 0) is 73.0 Å². The Kier molecular flexibility index (Phi) is 8.67. The van der Waals surface area contributed by atoms with Crippen LogP contribution in [0.15, 0.2) is 53.7 Å². The van der Waals surface area contributed by atoms with Crippen LogP contribution < -0.4 is 20.9 Å². The number of rotatable bonds is 8. The third kappa shape index (κ3) is 7.13. The van der Waals surface area contributed by atoms with E-state index in [4.69, 9.17) is 0 Å². The fourth-order valence-electron chi connectivity index (χ4n) is 4.78. The van der Waals surface area contributed by atoms with Gasteiger partial charge in [-0.3, -0.25) is 24.7 Å². The zero-order chi connectivity index (χ0) is 28.8. The van der Waals surface area contributed by atoms with E-state index in [-0.39, 0.29) is 11.1 Å². The molecular formula is C29H28N8O3S. The molecule has 2 saturated heterocycles. The Balaban J connectivity index is 1.13. The van der Waals surface area contributed by atoms with Crippen LogP contribution in [0.25, 0.3) is 17.3 Å². The number of aromatic nitrogens is 3. The fraction of sp³-hybridized carbons (Fsp3) is 0.276. The summed E-state index contributed by atoms with van der Waals surface area (Å²) in [4.78, 5) is 50.6. The number of benzene rings is 1. The van der Waals surface area contributed by atoms with Crippen LogP contribution in [0.3, 0.4) is 0 Å².